The number of Topliss-reactive ketones (excluding diaryl/α,β-unsaturated/α-hetero) is 1. The minimum absolute atomic E-state index is 0.0179. The lowest BCUT2D eigenvalue weighted by Crippen LogP contribution is -2.31. The SMILES string of the molecule is CCOc1ccc(/C(O)=C2\C(=O)C(=O)N(CCCn3ccnc3)[C@H]2c2ccc(OC(C)C)cc2)cc1. The van der Waals surface area contributed by atoms with Gasteiger partial charge in [-0.15, -0.1) is 0 Å². The summed E-state index contributed by atoms with van der Waals surface area (Å²) in [5.74, 6) is -0.179. The number of ketones is 1. The summed E-state index contributed by atoms with van der Waals surface area (Å²) in [4.78, 5) is 31.9. The smallest absolute Gasteiger partial charge is 0.295 e. The summed E-state index contributed by atoms with van der Waals surface area (Å²) in [6.45, 7) is 7.29. The van der Waals surface area contributed by atoms with Gasteiger partial charge in [0.15, 0.2) is 0 Å². The van der Waals surface area contributed by atoms with Gasteiger partial charge < -0.3 is 24.0 Å². The van der Waals surface area contributed by atoms with Crippen molar-refractivity contribution in [1.82, 2.24) is 14.5 Å². The van der Waals surface area contributed by atoms with E-state index in [1.165, 1.54) is 4.90 Å². The van der Waals surface area contributed by atoms with Gasteiger partial charge in [-0.25, -0.2) is 4.98 Å². The van der Waals surface area contributed by atoms with Gasteiger partial charge in [-0.3, -0.25) is 9.59 Å². The molecule has 36 heavy (non-hydrogen) atoms. The monoisotopic (exact) mass is 489 g/mol. The van der Waals surface area contributed by atoms with Crippen LogP contribution in [0.5, 0.6) is 11.5 Å². The van der Waals surface area contributed by atoms with Crippen molar-refractivity contribution in [3.63, 3.8) is 0 Å². The van der Waals surface area contributed by atoms with Crippen molar-refractivity contribution < 1.29 is 24.2 Å². The Bertz CT molecular complexity index is 1220. The maximum Gasteiger partial charge on any atom is 0.295 e. The first-order valence-corrected chi connectivity index (χ1v) is 12.1. The molecule has 1 atom stereocenters. The molecular formula is C28H31N3O5. The van der Waals surface area contributed by atoms with Gasteiger partial charge in [0.1, 0.15) is 17.3 Å². The average Bonchev–Trinajstić information content (AvgIpc) is 3.47. The molecule has 0 unspecified atom stereocenters. The summed E-state index contributed by atoms with van der Waals surface area (Å²) in [6.07, 6.45) is 5.90. The van der Waals surface area contributed by atoms with Gasteiger partial charge in [0, 0.05) is 31.0 Å². The van der Waals surface area contributed by atoms with E-state index in [0.29, 0.717) is 43.2 Å². The molecule has 1 fully saturated rings. The first kappa shape index (κ1) is 25.0. The van der Waals surface area contributed by atoms with E-state index < -0.39 is 17.7 Å². The lowest BCUT2D eigenvalue weighted by Gasteiger charge is -2.25. The number of aliphatic hydroxyl groups excluding tert-OH is 1. The summed E-state index contributed by atoms with van der Waals surface area (Å²) in [5, 5.41) is 11.2. The Balaban J connectivity index is 1.69. The summed E-state index contributed by atoms with van der Waals surface area (Å²) < 4.78 is 13.2. The third-order valence-electron chi connectivity index (χ3n) is 5.92. The van der Waals surface area contributed by atoms with Crippen LogP contribution < -0.4 is 9.47 Å². The second kappa shape index (κ2) is 11.1. The van der Waals surface area contributed by atoms with E-state index in [1.54, 1.807) is 36.8 Å². The van der Waals surface area contributed by atoms with Crippen LogP contribution in [-0.2, 0) is 16.1 Å². The van der Waals surface area contributed by atoms with E-state index in [4.69, 9.17) is 9.47 Å². The highest BCUT2D eigenvalue weighted by Gasteiger charge is 2.45. The summed E-state index contributed by atoms with van der Waals surface area (Å²) >= 11 is 0. The number of imidazole rings is 1. The average molecular weight is 490 g/mol. The molecule has 188 valence electrons. The Morgan fingerprint density at radius 1 is 1.03 bits per heavy atom. The van der Waals surface area contributed by atoms with Crippen LogP contribution in [0, 0.1) is 0 Å². The maximum atomic E-state index is 13.2. The molecular weight excluding hydrogens is 458 g/mol. The van der Waals surface area contributed by atoms with Crippen LogP contribution in [0.25, 0.3) is 5.76 Å². The standard InChI is InChI=1S/C28H31N3O5/c1-4-35-22-10-8-21(9-11-22)26(32)24-25(20-6-12-23(13-7-20)36-19(2)3)31(28(34)27(24)33)16-5-15-30-17-14-29-18-30/h6-14,17-19,25,32H,4-5,15-16H2,1-3H3/b26-24+/t25-/m0/s1. The summed E-state index contributed by atoms with van der Waals surface area (Å²) in [6, 6.07) is 13.4. The van der Waals surface area contributed by atoms with Crippen molar-refractivity contribution in [1.29, 1.82) is 0 Å². The quantitative estimate of drug-likeness (QED) is 0.255. The number of carbonyl (C=O) groups excluding carboxylic acids is 2. The summed E-state index contributed by atoms with van der Waals surface area (Å²) in [7, 11) is 0. The van der Waals surface area contributed by atoms with Crippen molar-refractivity contribution in [2.75, 3.05) is 13.2 Å². The zero-order valence-electron chi connectivity index (χ0n) is 20.8. The number of nitrogens with zero attached hydrogens (tertiary/aromatic N) is 3. The fourth-order valence-electron chi connectivity index (χ4n) is 4.33. The molecule has 1 aliphatic heterocycles. The Morgan fingerprint density at radius 2 is 1.72 bits per heavy atom. The number of hydrogen-bond acceptors (Lipinski definition) is 6. The molecule has 2 aromatic carbocycles. The maximum absolute atomic E-state index is 13.2. The van der Waals surface area contributed by atoms with Crippen molar-refractivity contribution in [3.05, 3.63) is 84.0 Å². The molecule has 0 aliphatic carbocycles. The molecule has 4 rings (SSSR count). The molecule has 0 radical (unpaired) electrons. The first-order chi connectivity index (χ1) is 17.4. The lowest BCUT2D eigenvalue weighted by atomic mass is 9.95. The van der Waals surface area contributed by atoms with Crippen LogP contribution in [0.3, 0.4) is 0 Å². The van der Waals surface area contributed by atoms with E-state index in [1.807, 2.05) is 55.8 Å². The predicted octanol–water partition coefficient (Wildman–Crippen LogP) is 4.58. The zero-order chi connectivity index (χ0) is 25.7. The molecule has 1 amide bonds. The number of aromatic nitrogens is 2. The highest BCUT2D eigenvalue weighted by atomic mass is 16.5. The Kier molecular flexibility index (Phi) is 7.73. The first-order valence-electron chi connectivity index (χ1n) is 12.1. The molecule has 8 nitrogen and oxygen atoms in total. The van der Waals surface area contributed by atoms with Crippen LogP contribution in [0.15, 0.2) is 72.8 Å². The third kappa shape index (κ3) is 5.43. The fraction of sp³-hybridized carbons (Fsp3) is 0.321. The number of aliphatic hydroxyl groups is 1. The number of amides is 1. The molecule has 0 saturated carbocycles. The van der Waals surface area contributed by atoms with E-state index >= 15 is 0 Å². The lowest BCUT2D eigenvalue weighted by molar-refractivity contribution is -0.139. The second-order valence-corrected chi connectivity index (χ2v) is 8.84. The van der Waals surface area contributed by atoms with Gasteiger partial charge in [-0.05, 0) is 69.2 Å². The van der Waals surface area contributed by atoms with Gasteiger partial charge in [0.25, 0.3) is 11.7 Å². The van der Waals surface area contributed by atoms with Crippen LogP contribution in [0.1, 0.15) is 44.4 Å². The molecule has 1 N–H and O–H groups in total. The van der Waals surface area contributed by atoms with Gasteiger partial charge in [0.05, 0.1) is 30.7 Å². The predicted molar refractivity (Wildman–Crippen MR) is 136 cm³/mol. The van der Waals surface area contributed by atoms with Crippen LogP contribution in [-0.4, -0.2) is 50.5 Å². The van der Waals surface area contributed by atoms with Crippen molar-refractivity contribution in [2.45, 2.75) is 45.9 Å². The normalized spacial score (nSPS) is 17.1. The molecule has 0 spiro atoms. The van der Waals surface area contributed by atoms with Crippen molar-refractivity contribution in [3.8, 4) is 11.5 Å². The van der Waals surface area contributed by atoms with Crippen molar-refractivity contribution >= 4 is 17.4 Å². The molecule has 1 aliphatic rings. The van der Waals surface area contributed by atoms with Gasteiger partial charge in [0.2, 0.25) is 0 Å². The number of carbonyl (C=O) groups is 2. The topological polar surface area (TPSA) is 93.9 Å². The van der Waals surface area contributed by atoms with E-state index in [9.17, 15) is 14.7 Å². The zero-order valence-corrected chi connectivity index (χ0v) is 20.8. The molecule has 3 aromatic rings. The van der Waals surface area contributed by atoms with Crippen LogP contribution >= 0.6 is 0 Å². The molecule has 2 heterocycles. The van der Waals surface area contributed by atoms with E-state index in [2.05, 4.69) is 4.98 Å². The van der Waals surface area contributed by atoms with Gasteiger partial charge in [-0.1, -0.05) is 12.1 Å². The largest absolute Gasteiger partial charge is 0.507 e. The van der Waals surface area contributed by atoms with E-state index in [-0.39, 0.29) is 17.4 Å². The third-order valence-corrected chi connectivity index (χ3v) is 5.92. The minimum atomic E-state index is -0.715. The van der Waals surface area contributed by atoms with Crippen LogP contribution in [0.4, 0.5) is 0 Å². The highest BCUT2D eigenvalue weighted by Crippen LogP contribution is 2.40. The van der Waals surface area contributed by atoms with Gasteiger partial charge in [-0.2, -0.15) is 0 Å². The number of benzene rings is 2. The minimum Gasteiger partial charge on any atom is -0.507 e. The Hall–Kier alpha value is -4.07. The molecule has 8 heteroatoms. The number of ether oxygens (including phenoxy) is 2. The fourth-order valence-corrected chi connectivity index (χ4v) is 4.33. The molecule has 1 saturated heterocycles. The molecule has 1 aromatic heterocycles. The van der Waals surface area contributed by atoms with Crippen molar-refractivity contribution in [2.24, 2.45) is 0 Å². The van der Waals surface area contributed by atoms with E-state index in [0.717, 1.165) is 5.56 Å². The number of likely N-dealkylation sites (tertiary alicyclic amines) is 1. The van der Waals surface area contributed by atoms with Gasteiger partial charge >= 0.3 is 0 Å². The molecule has 0 bridgehead atoms. The number of rotatable bonds is 10. The Labute approximate surface area is 210 Å². The second-order valence-electron chi connectivity index (χ2n) is 8.84. The number of hydrogen-bond donors (Lipinski definition) is 1. The Morgan fingerprint density at radius 3 is 2.33 bits per heavy atom. The van der Waals surface area contributed by atoms with Crippen LogP contribution in [0.2, 0.25) is 0 Å². The summed E-state index contributed by atoms with van der Waals surface area (Å²) in [5.41, 5.74) is 1.24. The number of aryl methyl sites for hydroxylation is 1. The highest BCUT2D eigenvalue weighted by molar-refractivity contribution is 6.46.